The second-order valence-electron chi connectivity index (χ2n) is 3.38. The highest BCUT2D eigenvalue weighted by molar-refractivity contribution is 5.86. The van der Waals surface area contributed by atoms with Crippen molar-refractivity contribution < 1.29 is 4.74 Å². The van der Waals surface area contributed by atoms with Gasteiger partial charge >= 0.3 is 0 Å². The predicted molar refractivity (Wildman–Crippen MR) is 61.7 cm³/mol. The zero-order chi connectivity index (χ0) is 10.7. The van der Waals surface area contributed by atoms with Gasteiger partial charge in [-0.05, 0) is 18.2 Å². The zero-order valence-electron chi connectivity index (χ0n) is 8.73. The average molecular weight is 199 g/mol. The van der Waals surface area contributed by atoms with Crippen molar-refractivity contribution in [2.24, 2.45) is 0 Å². The Kier molecular flexibility index (Phi) is 2.75. The Morgan fingerprint density at radius 3 is 3.00 bits per heavy atom. The third-order valence-corrected chi connectivity index (χ3v) is 2.51. The van der Waals surface area contributed by atoms with Gasteiger partial charge in [0.2, 0.25) is 0 Å². The second-order valence-corrected chi connectivity index (χ2v) is 3.38. The van der Waals surface area contributed by atoms with Crippen LogP contribution in [-0.4, -0.2) is 18.3 Å². The van der Waals surface area contributed by atoms with Gasteiger partial charge in [0.15, 0.2) is 0 Å². The molecule has 1 aromatic heterocycles. The molecule has 0 saturated carbocycles. The molecule has 0 aliphatic heterocycles. The third kappa shape index (κ3) is 1.74. The summed E-state index contributed by atoms with van der Waals surface area (Å²) in [7, 11) is 1.71. The first-order valence-corrected chi connectivity index (χ1v) is 4.90. The average Bonchev–Trinajstić information content (AvgIpc) is 2.69. The van der Waals surface area contributed by atoms with Crippen molar-refractivity contribution in [2.75, 3.05) is 13.7 Å². The summed E-state index contributed by atoms with van der Waals surface area (Å²) in [6, 6.07) is 8.08. The number of rotatable bonds is 3. The first-order chi connectivity index (χ1) is 7.36. The largest absolute Gasteiger partial charge is 0.383 e. The van der Waals surface area contributed by atoms with Crippen LogP contribution < -0.4 is 0 Å². The molecule has 0 spiro atoms. The molecule has 0 N–H and O–H groups in total. The topological polar surface area (TPSA) is 14.2 Å². The number of benzene rings is 1. The van der Waals surface area contributed by atoms with E-state index in [0.717, 1.165) is 17.5 Å². The van der Waals surface area contributed by atoms with Crippen molar-refractivity contribution in [2.45, 2.75) is 6.54 Å². The van der Waals surface area contributed by atoms with E-state index in [1.54, 1.807) is 7.11 Å². The molecule has 0 atom stereocenters. The number of fused-ring (bicyclic) bond motifs is 1. The van der Waals surface area contributed by atoms with E-state index in [2.05, 4.69) is 22.6 Å². The molecule has 0 radical (unpaired) electrons. The minimum atomic E-state index is 0.712. The van der Waals surface area contributed by atoms with Gasteiger partial charge in [-0.15, -0.1) is 6.42 Å². The predicted octanol–water partition coefficient (Wildman–Crippen LogP) is 2.27. The Labute approximate surface area is 89.5 Å². The van der Waals surface area contributed by atoms with E-state index in [-0.39, 0.29) is 0 Å². The molecule has 2 heteroatoms. The van der Waals surface area contributed by atoms with Crippen LogP contribution in [0, 0.1) is 12.3 Å². The quantitative estimate of drug-likeness (QED) is 0.692. The van der Waals surface area contributed by atoms with Crippen LogP contribution >= 0.6 is 0 Å². The highest BCUT2D eigenvalue weighted by atomic mass is 16.5. The van der Waals surface area contributed by atoms with Crippen LogP contribution in [0.3, 0.4) is 0 Å². The van der Waals surface area contributed by atoms with Crippen molar-refractivity contribution in [3.8, 4) is 12.3 Å². The Hall–Kier alpha value is -1.72. The molecule has 2 rings (SSSR count). The molecule has 76 valence electrons. The number of hydrogen-bond donors (Lipinski definition) is 0. The first kappa shape index (κ1) is 9.82. The molecular weight excluding hydrogens is 186 g/mol. The van der Waals surface area contributed by atoms with Crippen molar-refractivity contribution in [1.29, 1.82) is 0 Å². The smallest absolute Gasteiger partial charge is 0.0641 e. The second kappa shape index (κ2) is 4.20. The van der Waals surface area contributed by atoms with Gasteiger partial charge in [-0.3, -0.25) is 0 Å². The molecule has 0 bridgehead atoms. The van der Waals surface area contributed by atoms with Gasteiger partial charge in [0.1, 0.15) is 0 Å². The summed E-state index contributed by atoms with van der Waals surface area (Å²) in [6.07, 6.45) is 7.49. The van der Waals surface area contributed by atoms with Crippen molar-refractivity contribution in [3.05, 3.63) is 36.0 Å². The summed E-state index contributed by atoms with van der Waals surface area (Å²) < 4.78 is 7.21. The maximum Gasteiger partial charge on any atom is 0.0641 e. The normalized spacial score (nSPS) is 10.4. The standard InChI is InChI=1S/C13H13NO/c1-3-11-5-4-6-13-12(11)7-8-14(13)9-10-15-2/h1,4-8H,9-10H2,2H3. The molecule has 1 aromatic carbocycles. The lowest BCUT2D eigenvalue weighted by atomic mass is 10.1. The van der Waals surface area contributed by atoms with E-state index in [9.17, 15) is 0 Å². The highest BCUT2D eigenvalue weighted by Gasteiger charge is 2.02. The van der Waals surface area contributed by atoms with E-state index < -0.39 is 0 Å². The number of ether oxygens (including phenoxy) is 1. The number of terminal acetylenes is 1. The monoisotopic (exact) mass is 199 g/mol. The van der Waals surface area contributed by atoms with Gasteiger partial charge in [0.05, 0.1) is 6.61 Å². The van der Waals surface area contributed by atoms with Crippen LogP contribution in [0.4, 0.5) is 0 Å². The molecule has 0 fully saturated rings. The number of hydrogen-bond acceptors (Lipinski definition) is 1. The van der Waals surface area contributed by atoms with Crippen molar-refractivity contribution in [3.63, 3.8) is 0 Å². The number of nitrogens with zero attached hydrogens (tertiary/aromatic N) is 1. The van der Waals surface area contributed by atoms with Gasteiger partial charge in [-0.1, -0.05) is 12.0 Å². The molecule has 15 heavy (non-hydrogen) atoms. The van der Waals surface area contributed by atoms with Crippen molar-refractivity contribution in [1.82, 2.24) is 4.57 Å². The molecule has 0 amide bonds. The highest BCUT2D eigenvalue weighted by Crippen LogP contribution is 2.19. The lowest BCUT2D eigenvalue weighted by Crippen LogP contribution is -2.02. The van der Waals surface area contributed by atoms with Gasteiger partial charge < -0.3 is 9.30 Å². The van der Waals surface area contributed by atoms with Crippen LogP contribution in [-0.2, 0) is 11.3 Å². The number of aromatic nitrogens is 1. The SMILES string of the molecule is C#Cc1cccc2c1ccn2CCOC. The van der Waals surface area contributed by atoms with Crippen LogP contribution in [0.15, 0.2) is 30.5 Å². The Morgan fingerprint density at radius 1 is 1.40 bits per heavy atom. The fourth-order valence-corrected chi connectivity index (χ4v) is 1.73. The van der Waals surface area contributed by atoms with Crippen LogP contribution in [0.2, 0.25) is 0 Å². The Balaban J connectivity index is 2.47. The maximum atomic E-state index is 5.44. The third-order valence-electron chi connectivity index (χ3n) is 2.51. The summed E-state index contributed by atoms with van der Waals surface area (Å²) in [5.41, 5.74) is 2.12. The summed E-state index contributed by atoms with van der Waals surface area (Å²) in [5.74, 6) is 2.69. The molecule has 0 saturated heterocycles. The van der Waals surface area contributed by atoms with Gasteiger partial charge in [-0.25, -0.2) is 0 Å². The molecule has 2 nitrogen and oxygen atoms in total. The van der Waals surface area contributed by atoms with E-state index in [1.165, 1.54) is 5.52 Å². The van der Waals surface area contributed by atoms with E-state index in [4.69, 9.17) is 11.2 Å². The van der Waals surface area contributed by atoms with Gasteiger partial charge in [-0.2, -0.15) is 0 Å². The molecule has 2 aromatic rings. The molecular formula is C13H13NO. The maximum absolute atomic E-state index is 5.44. The van der Waals surface area contributed by atoms with E-state index in [0.29, 0.717) is 6.61 Å². The Bertz CT molecular complexity index is 505. The fourth-order valence-electron chi connectivity index (χ4n) is 1.73. The molecule has 1 heterocycles. The van der Waals surface area contributed by atoms with E-state index in [1.807, 2.05) is 18.3 Å². The zero-order valence-corrected chi connectivity index (χ0v) is 8.73. The molecule has 0 unspecified atom stereocenters. The summed E-state index contributed by atoms with van der Waals surface area (Å²) in [4.78, 5) is 0. The fraction of sp³-hybridized carbons (Fsp3) is 0.231. The van der Waals surface area contributed by atoms with Gasteiger partial charge in [0.25, 0.3) is 0 Å². The molecule has 0 aliphatic rings. The van der Waals surface area contributed by atoms with Crippen LogP contribution in [0.25, 0.3) is 10.9 Å². The lowest BCUT2D eigenvalue weighted by molar-refractivity contribution is 0.188. The summed E-state index contributed by atoms with van der Waals surface area (Å²) >= 11 is 0. The minimum Gasteiger partial charge on any atom is -0.383 e. The summed E-state index contributed by atoms with van der Waals surface area (Å²) in [6.45, 7) is 1.57. The Morgan fingerprint density at radius 2 is 2.27 bits per heavy atom. The number of methoxy groups -OCH3 is 1. The van der Waals surface area contributed by atoms with Crippen molar-refractivity contribution >= 4 is 10.9 Å². The minimum absolute atomic E-state index is 0.712. The summed E-state index contributed by atoms with van der Waals surface area (Å²) in [5, 5.41) is 1.14. The van der Waals surface area contributed by atoms with Crippen LogP contribution in [0.1, 0.15) is 5.56 Å². The first-order valence-electron chi connectivity index (χ1n) is 4.90. The van der Waals surface area contributed by atoms with E-state index >= 15 is 0 Å². The molecule has 0 aliphatic carbocycles. The van der Waals surface area contributed by atoms with Gasteiger partial charge in [0, 0.05) is 36.3 Å². The van der Waals surface area contributed by atoms with Crippen LogP contribution in [0.5, 0.6) is 0 Å². The lowest BCUT2D eigenvalue weighted by Gasteiger charge is -2.04.